The van der Waals surface area contributed by atoms with E-state index >= 15 is 0 Å². The molecule has 0 atom stereocenters. The van der Waals surface area contributed by atoms with Gasteiger partial charge >= 0.3 is 5.69 Å². The fourth-order valence-corrected chi connectivity index (χ4v) is 0.891. The Balaban J connectivity index is 3.34. The molecular formula is C5H5BrN2O. The SMILES string of the molecule is Cn1cc(Br)cnc1=O. The maximum absolute atomic E-state index is 10.6. The van der Waals surface area contributed by atoms with Crippen molar-refractivity contribution in [2.75, 3.05) is 0 Å². The zero-order valence-corrected chi connectivity index (χ0v) is 6.42. The number of hydrogen-bond acceptors (Lipinski definition) is 2. The zero-order valence-electron chi connectivity index (χ0n) is 4.84. The van der Waals surface area contributed by atoms with Crippen molar-refractivity contribution < 1.29 is 0 Å². The first kappa shape index (κ1) is 6.48. The van der Waals surface area contributed by atoms with Crippen LogP contribution < -0.4 is 5.69 Å². The Bertz CT molecular complexity index is 268. The van der Waals surface area contributed by atoms with Crippen LogP contribution in [0.2, 0.25) is 0 Å². The van der Waals surface area contributed by atoms with E-state index in [1.54, 1.807) is 13.2 Å². The number of aryl methyl sites for hydroxylation is 1. The third kappa shape index (κ3) is 1.38. The fraction of sp³-hybridized carbons (Fsp3) is 0.200. The topological polar surface area (TPSA) is 34.9 Å². The van der Waals surface area contributed by atoms with Gasteiger partial charge in [0.1, 0.15) is 0 Å². The molecule has 4 heteroatoms. The van der Waals surface area contributed by atoms with Crippen molar-refractivity contribution in [2.45, 2.75) is 0 Å². The van der Waals surface area contributed by atoms with E-state index < -0.39 is 0 Å². The van der Waals surface area contributed by atoms with Crippen LogP contribution in [0.15, 0.2) is 21.7 Å². The summed E-state index contributed by atoms with van der Waals surface area (Å²) in [5.41, 5.74) is -0.238. The van der Waals surface area contributed by atoms with Crippen LogP contribution in [0.5, 0.6) is 0 Å². The molecule has 3 nitrogen and oxygen atoms in total. The van der Waals surface area contributed by atoms with Crippen molar-refractivity contribution in [1.82, 2.24) is 9.55 Å². The minimum Gasteiger partial charge on any atom is -0.301 e. The minimum absolute atomic E-state index is 0.238. The molecule has 0 aliphatic carbocycles. The number of hydrogen-bond donors (Lipinski definition) is 0. The molecule has 0 amide bonds. The minimum atomic E-state index is -0.238. The third-order valence-electron chi connectivity index (χ3n) is 0.917. The highest BCUT2D eigenvalue weighted by molar-refractivity contribution is 9.10. The second-order valence-electron chi connectivity index (χ2n) is 1.67. The van der Waals surface area contributed by atoms with Crippen molar-refractivity contribution in [1.29, 1.82) is 0 Å². The van der Waals surface area contributed by atoms with Crippen LogP contribution in [0.4, 0.5) is 0 Å². The zero-order chi connectivity index (χ0) is 6.85. The number of rotatable bonds is 0. The van der Waals surface area contributed by atoms with Crippen LogP contribution in [0.3, 0.4) is 0 Å². The van der Waals surface area contributed by atoms with E-state index in [1.165, 1.54) is 10.8 Å². The van der Waals surface area contributed by atoms with E-state index in [9.17, 15) is 4.79 Å². The molecule has 1 heterocycles. The molecule has 0 radical (unpaired) electrons. The lowest BCUT2D eigenvalue weighted by Gasteiger charge is -1.92. The van der Waals surface area contributed by atoms with Crippen molar-refractivity contribution in [3.63, 3.8) is 0 Å². The van der Waals surface area contributed by atoms with Gasteiger partial charge in [-0.25, -0.2) is 9.78 Å². The molecular weight excluding hydrogens is 184 g/mol. The molecule has 1 rings (SSSR count). The summed E-state index contributed by atoms with van der Waals surface area (Å²) < 4.78 is 2.22. The smallest absolute Gasteiger partial charge is 0.301 e. The summed E-state index contributed by atoms with van der Waals surface area (Å²) in [6.45, 7) is 0. The molecule has 9 heavy (non-hydrogen) atoms. The van der Waals surface area contributed by atoms with Gasteiger partial charge < -0.3 is 4.57 Å². The predicted molar refractivity (Wildman–Crippen MR) is 37.2 cm³/mol. The lowest BCUT2D eigenvalue weighted by molar-refractivity contribution is 0.804. The van der Waals surface area contributed by atoms with Crippen LogP contribution in [0, 0.1) is 0 Å². The molecule has 0 bridgehead atoms. The molecule has 1 aromatic rings. The first-order valence-electron chi connectivity index (χ1n) is 2.38. The standard InChI is InChI=1S/C5H5BrN2O/c1-8-3-4(6)2-7-5(8)9/h2-3H,1H3. The van der Waals surface area contributed by atoms with Gasteiger partial charge in [-0.3, -0.25) is 0 Å². The normalized spacial score (nSPS) is 9.56. The van der Waals surface area contributed by atoms with E-state index in [4.69, 9.17) is 0 Å². The molecule has 0 aromatic carbocycles. The van der Waals surface area contributed by atoms with Gasteiger partial charge in [-0.2, -0.15) is 0 Å². The average Bonchev–Trinajstić information content (AvgIpc) is 1.80. The average molecular weight is 189 g/mol. The summed E-state index contributed by atoms with van der Waals surface area (Å²) in [6, 6.07) is 0. The summed E-state index contributed by atoms with van der Waals surface area (Å²) in [6.07, 6.45) is 3.14. The molecule has 1 aromatic heterocycles. The highest BCUT2D eigenvalue weighted by atomic mass is 79.9. The van der Waals surface area contributed by atoms with Gasteiger partial charge in [0.05, 0.1) is 4.47 Å². The van der Waals surface area contributed by atoms with Crippen molar-refractivity contribution in [3.05, 3.63) is 27.4 Å². The van der Waals surface area contributed by atoms with E-state index in [0.29, 0.717) is 0 Å². The first-order chi connectivity index (χ1) is 4.20. The molecule has 0 fully saturated rings. The van der Waals surface area contributed by atoms with Crippen LogP contribution in [-0.4, -0.2) is 9.55 Å². The van der Waals surface area contributed by atoms with Crippen molar-refractivity contribution in [3.8, 4) is 0 Å². The summed E-state index contributed by atoms with van der Waals surface area (Å²) in [7, 11) is 1.65. The monoisotopic (exact) mass is 188 g/mol. The predicted octanol–water partition coefficient (Wildman–Crippen LogP) is 0.543. The van der Waals surface area contributed by atoms with Crippen molar-refractivity contribution in [2.24, 2.45) is 7.05 Å². The van der Waals surface area contributed by atoms with Crippen molar-refractivity contribution >= 4 is 15.9 Å². The van der Waals surface area contributed by atoms with Gasteiger partial charge in [-0.05, 0) is 15.9 Å². The highest BCUT2D eigenvalue weighted by Crippen LogP contribution is 2.01. The second kappa shape index (κ2) is 2.31. The van der Waals surface area contributed by atoms with Gasteiger partial charge in [-0.15, -0.1) is 0 Å². The van der Waals surface area contributed by atoms with Crippen LogP contribution in [-0.2, 0) is 7.05 Å². The lowest BCUT2D eigenvalue weighted by Crippen LogP contribution is -2.18. The van der Waals surface area contributed by atoms with Gasteiger partial charge in [0.15, 0.2) is 0 Å². The molecule has 0 saturated carbocycles. The summed E-state index contributed by atoms with van der Waals surface area (Å²) in [5.74, 6) is 0. The Kier molecular flexibility index (Phi) is 1.66. The van der Waals surface area contributed by atoms with Crippen LogP contribution in [0.1, 0.15) is 0 Å². The third-order valence-corrected chi connectivity index (χ3v) is 1.33. The van der Waals surface area contributed by atoms with E-state index in [2.05, 4.69) is 20.9 Å². The van der Waals surface area contributed by atoms with Crippen LogP contribution >= 0.6 is 15.9 Å². The Morgan fingerprint density at radius 2 is 2.44 bits per heavy atom. The Labute approximate surface area is 60.5 Å². The highest BCUT2D eigenvalue weighted by Gasteiger charge is 1.89. The largest absolute Gasteiger partial charge is 0.347 e. The van der Waals surface area contributed by atoms with Gasteiger partial charge in [0.25, 0.3) is 0 Å². The van der Waals surface area contributed by atoms with Gasteiger partial charge in [0.2, 0.25) is 0 Å². The summed E-state index contributed by atoms with van der Waals surface area (Å²) in [5, 5.41) is 0. The first-order valence-corrected chi connectivity index (χ1v) is 3.17. The number of nitrogens with zero attached hydrogens (tertiary/aromatic N) is 2. The van der Waals surface area contributed by atoms with Gasteiger partial charge in [0, 0.05) is 19.4 Å². The fourth-order valence-electron chi connectivity index (χ4n) is 0.482. The van der Waals surface area contributed by atoms with E-state index in [0.717, 1.165) is 4.47 Å². The Morgan fingerprint density at radius 1 is 1.78 bits per heavy atom. The van der Waals surface area contributed by atoms with E-state index in [1.807, 2.05) is 0 Å². The second-order valence-corrected chi connectivity index (χ2v) is 2.58. The summed E-state index contributed by atoms with van der Waals surface area (Å²) >= 11 is 3.17. The maximum Gasteiger partial charge on any atom is 0.347 e. The Morgan fingerprint density at radius 3 is 2.89 bits per heavy atom. The van der Waals surface area contributed by atoms with Gasteiger partial charge in [-0.1, -0.05) is 0 Å². The quantitative estimate of drug-likeness (QED) is 0.597. The number of halogens is 1. The number of aromatic nitrogens is 2. The molecule has 0 N–H and O–H groups in total. The Hall–Kier alpha value is -0.640. The molecule has 48 valence electrons. The molecule has 0 spiro atoms. The molecule has 0 unspecified atom stereocenters. The lowest BCUT2D eigenvalue weighted by atomic mass is 10.7. The maximum atomic E-state index is 10.6. The molecule has 0 aliphatic heterocycles. The summed E-state index contributed by atoms with van der Waals surface area (Å²) in [4.78, 5) is 14.1. The van der Waals surface area contributed by atoms with Crippen LogP contribution in [0.25, 0.3) is 0 Å². The molecule has 0 aliphatic rings. The van der Waals surface area contributed by atoms with E-state index in [-0.39, 0.29) is 5.69 Å². The molecule has 0 saturated heterocycles.